The summed E-state index contributed by atoms with van der Waals surface area (Å²) in [4.78, 5) is 21.0. The van der Waals surface area contributed by atoms with Crippen LogP contribution in [0.1, 0.15) is 16.8 Å². The molecular weight excluding hydrogens is 401 g/mol. The number of hydrogen-bond acceptors (Lipinski definition) is 5. The molecule has 1 unspecified atom stereocenters. The number of piperazine rings is 1. The van der Waals surface area contributed by atoms with Gasteiger partial charge < -0.3 is 19.3 Å². The largest absolute Gasteiger partial charge is 0.472 e. The van der Waals surface area contributed by atoms with Crippen molar-refractivity contribution < 1.29 is 14.3 Å². The number of ether oxygens (including phenoxy) is 2. The van der Waals surface area contributed by atoms with Crippen LogP contribution >= 0.6 is 23.2 Å². The number of amides is 1. The lowest BCUT2D eigenvalue weighted by molar-refractivity contribution is 0.0746. The Bertz CT molecular complexity index is 833. The van der Waals surface area contributed by atoms with E-state index in [-0.39, 0.29) is 12.0 Å². The molecule has 4 rings (SSSR count). The highest BCUT2D eigenvalue weighted by molar-refractivity contribution is 6.43. The fourth-order valence-electron chi connectivity index (χ4n) is 3.42. The summed E-state index contributed by atoms with van der Waals surface area (Å²) in [6, 6.07) is 9.11. The minimum absolute atomic E-state index is 0.0277. The van der Waals surface area contributed by atoms with Crippen LogP contribution in [0.15, 0.2) is 36.5 Å². The average molecular weight is 422 g/mol. The van der Waals surface area contributed by atoms with Crippen molar-refractivity contribution in [2.75, 3.05) is 44.3 Å². The van der Waals surface area contributed by atoms with Crippen molar-refractivity contribution in [3.63, 3.8) is 0 Å². The normalized spacial score (nSPS) is 19.7. The smallest absolute Gasteiger partial charge is 0.255 e. The monoisotopic (exact) mass is 421 g/mol. The summed E-state index contributed by atoms with van der Waals surface area (Å²) < 4.78 is 11.0. The first-order chi connectivity index (χ1) is 13.6. The van der Waals surface area contributed by atoms with Crippen molar-refractivity contribution in [2.45, 2.75) is 12.5 Å². The summed E-state index contributed by atoms with van der Waals surface area (Å²) in [7, 11) is 0. The lowest BCUT2D eigenvalue weighted by Gasteiger charge is -2.36. The number of nitrogens with zero attached hydrogens (tertiary/aromatic N) is 3. The Kier molecular flexibility index (Phi) is 5.90. The number of carbonyl (C=O) groups excluding carboxylic acids is 1. The van der Waals surface area contributed by atoms with E-state index in [2.05, 4.69) is 9.88 Å². The van der Waals surface area contributed by atoms with Gasteiger partial charge in [-0.3, -0.25) is 4.79 Å². The van der Waals surface area contributed by atoms with Crippen LogP contribution in [0.2, 0.25) is 10.0 Å². The van der Waals surface area contributed by atoms with Crippen LogP contribution in [-0.2, 0) is 4.74 Å². The van der Waals surface area contributed by atoms with Crippen LogP contribution in [0, 0.1) is 0 Å². The van der Waals surface area contributed by atoms with Gasteiger partial charge in [0.1, 0.15) is 6.10 Å². The topological polar surface area (TPSA) is 54.9 Å². The third kappa shape index (κ3) is 4.19. The molecule has 3 heterocycles. The van der Waals surface area contributed by atoms with Crippen molar-refractivity contribution in [1.29, 1.82) is 0 Å². The Morgan fingerprint density at radius 2 is 1.96 bits per heavy atom. The summed E-state index contributed by atoms with van der Waals surface area (Å²) in [5.74, 6) is 0.493. The van der Waals surface area contributed by atoms with Crippen LogP contribution < -0.4 is 9.64 Å². The maximum atomic E-state index is 12.8. The van der Waals surface area contributed by atoms with Gasteiger partial charge in [-0.1, -0.05) is 29.3 Å². The predicted molar refractivity (Wildman–Crippen MR) is 109 cm³/mol. The summed E-state index contributed by atoms with van der Waals surface area (Å²) in [5, 5.41) is 1.09. The molecule has 2 aliphatic rings. The molecule has 0 aliphatic carbocycles. The van der Waals surface area contributed by atoms with E-state index in [1.807, 2.05) is 17.0 Å². The Hall–Kier alpha value is -2.02. The van der Waals surface area contributed by atoms with Crippen molar-refractivity contribution in [3.05, 3.63) is 52.1 Å². The molecule has 0 radical (unpaired) electrons. The van der Waals surface area contributed by atoms with E-state index in [0.717, 1.165) is 12.1 Å². The zero-order chi connectivity index (χ0) is 19.5. The number of carbonyl (C=O) groups is 1. The molecule has 2 saturated heterocycles. The minimum atomic E-state index is -0.0277. The van der Waals surface area contributed by atoms with E-state index in [9.17, 15) is 4.79 Å². The molecule has 0 N–H and O–H groups in total. The van der Waals surface area contributed by atoms with E-state index in [4.69, 9.17) is 32.7 Å². The number of anilines is 1. The van der Waals surface area contributed by atoms with Crippen LogP contribution in [0.4, 0.5) is 5.69 Å². The molecule has 0 saturated carbocycles. The van der Waals surface area contributed by atoms with E-state index in [1.54, 1.807) is 24.4 Å². The van der Waals surface area contributed by atoms with Gasteiger partial charge >= 0.3 is 0 Å². The lowest BCUT2D eigenvalue weighted by Crippen LogP contribution is -2.48. The predicted octanol–water partition coefficient (Wildman–Crippen LogP) is 3.52. The van der Waals surface area contributed by atoms with Crippen molar-refractivity contribution in [2.24, 2.45) is 0 Å². The fourth-order valence-corrected chi connectivity index (χ4v) is 3.84. The molecule has 28 heavy (non-hydrogen) atoms. The standard InChI is InChI=1S/C20H21Cl2N3O3/c21-16-2-1-3-17(19(16)22)24-7-9-25(10-8-24)20(26)14-4-5-18(23-12-14)28-15-6-11-27-13-15/h1-5,12,15H,6-11,13H2. The second-order valence-electron chi connectivity index (χ2n) is 6.84. The van der Waals surface area contributed by atoms with Gasteiger partial charge in [0, 0.05) is 44.9 Å². The zero-order valence-electron chi connectivity index (χ0n) is 15.3. The summed E-state index contributed by atoms with van der Waals surface area (Å²) in [6.07, 6.45) is 2.48. The van der Waals surface area contributed by atoms with E-state index in [1.165, 1.54) is 0 Å². The number of halogens is 2. The van der Waals surface area contributed by atoms with Gasteiger partial charge in [0.05, 0.1) is 34.5 Å². The first-order valence-corrected chi connectivity index (χ1v) is 10.1. The summed E-state index contributed by atoms with van der Waals surface area (Å²) in [5.41, 5.74) is 1.46. The third-order valence-electron chi connectivity index (χ3n) is 5.00. The lowest BCUT2D eigenvalue weighted by atomic mass is 10.2. The number of benzene rings is 1. The molecule has 1 aromatic heterocycles. The molecule has 0 spiro atoms. The van der Waals surface area contributed by atoms with Crippen molar-refractivity contribution in [3.8, 4) is 5.88 Å². The second kappa shape index (κ2) is 8.55. The SMILES string of the molecule is O=C(c1ccc(OC2CCOC2)nc1)N1CCN(c2cccc(Cl)c2Cl)CC1. The van der Waals surface area contributed by atoms with Crippen molar-refractivity contribution >= 4 is 34.8 Å². The number of hydrogen-bond donors (Lipinski definition) is 0. The molecule has 1 amide bonds. The van der Waals surface area contributed by atoms with Gasteiger partial charge in [0.15, 0.2) is 0 Å². The first kappa shape index (κ1) is 19.3. The fraction of sp³-hybridized carbons (Fsp3) is 0.400. The van der Waals surface area contributed by atoms with Gasteiger partial charge in [0.2, 0.25) is 5.88 Å². The molecule has 6 nitrogen and oxygen atoms in total. The molecular formula is C20H21Cl2N3O3. The molecule has 2 fully saturated rings. The minimum Gasteiger partial charge on any atom is -0.472 e. The molecule has 1 atom stereocenters. The molecule has 2 aliphatic heterocycles. The van der Waals surface area contributed by atoms with E-state index < -0.39 is 0 Å². The van der Waals surface area contributed by atoms with E-state index in [0.29, 0.717) is 60.9 Å². The summed E-state index contributed by atoms with van der Waals surface area (Å²) >= 11 is 12.4. The maximum absolute atomic E-state index is 12.8. The van der Waals surface area contributed by atoms with Gasteiger partial charge in [-0.05, 0) is 18.2 Å². The Morgan fingerprint density at radius 1 is 1.14 bits per heavy atom. The average Bonchev–Trinajstić information content (AvgIpc) is 3.23. The highest BCUT2D eigenvalue weighted by Crippen LogP contribution is 2.33. The number of aromatic nitrogens is 1. The molecule has 1 aromatic carbocycles. The number of pyridine rings is 1. The zero-order valence-corrected chi connectivity index (χ0v) is 16.8. The molecule has 8 heteroatoms. The maximum Gasteiger partial charge on any atom is 0.255 e. The van der Waals surface area contributed by atoms with Crippen LogP contribution in [-0.4, -0.2) is 61.3 Å². The van der Waals surface area contributed by atoms with Gasteiger partial charge in [-0.2, -0.15) is 0 Å². The highest BCUT2D eigenvalue weighted by Gasteiger charge is 2.24. The quantitative estimate of drug-likeness (QED) is 0.755. The van der Waals surface area contributed by atoms with Gasteiger partial charge in [-0.25, -0.2) is 4.98 Å². The first-order valence-electron chi connectivity index (χ1n) is 9.30. The number of rotatable bonds is 4. The van der Waals surface area contributed by atoms with Gasteiger partial charge in [0.25, 0.3) is 5.91 Å². The summed E-state index contributed by atoms with van der Waals surface area (Å²) in [6.45, 7) is 3.92. The Balaban J connectivity index is 1.35. The Morgan fingerprint density at radius 3 is 2.64 bits per heavy atom. The highest BCUT2D eigenvalue weighted by atomic mass is 35.5. The molecule has 0 bridgehead atoms. The van der Waals surface area contributed by atoms with Crippen LogP contribution in [0.3, 0.4) is 0 Å². The molecule has 148 valence electrons. The van der Waals surface area contributed by atoms with Crippen LogP contribution in [0.5, 0.6) is 5.88 Å². The molecule has 2 aromatic rings. The third-order valence-corrected chi connectivity index (χ3v) is 5.81. The van der Waals surface area contributed by atoms with Crippen molar-refractivity contribution in [1.82, 2.24) is 9.88 Å². The second-order valence-corrected chi connectivity index (χ2v) is 7.63. The van der Waals surface area contributed by atoms with Crippen LogP contribution in [0.25, 0.3) is 0 Å². The Labute approximate surface area is 173 Å². The van der Waals surface area contributed by atoms with Gasteiger partial charge in [-0.15, -0.1) is 0 Å². The van der Waals surface area contributed by atoms with E-state index >= 15 is 0 Å².